The first-order valence-corrected chi connectivity index (χ1v) is 5.26. The number of likely N-dealkylation sites (tertiary alicyclic amines) is 1. The Hall–Kier alpha value is -0.610. The summed E-state index contributed by atoms with van der Waals surface area (Å²) in [7, 11) is 3.84. The molecule has 0 saturated carbocycles. The van der Waals surface area contributed by atoms with Gasteiger partial charge in [-0.25, -0.2) is 0 Å². The monoisotopic (exact) mass is 199 g/mol. The molecule has 0 aromatic rings. The molecule has 0 aliphatic carbocycles. The van der Waals surface area contributed by atoms with Gasteiger partial charge in [0.15, 0.2) is 0 Å². The van der Waals surface area contributed by atoms with Crippen LogP contribution in [0.1, 0.15) is 12.8 Å². The molecule has 1 aliphatic rings. The number of hydrogen-bond donors (Lipinski definition) is 1. The van der Waals surface area contributed by atoms with Crippen molar-refractivity contribution < 1.29 is 4.79 Å². The Labute approximate surface area is 86.0 Å². The number of rotatable bonds is 3. The van der Waals surface area contributed by atoms with Crippen LogP contribution in [0.25, 0.3) is 0 Å². The minimum absolute atomic E-state index is 0.230. The summed E-state index contributed by atoms with van der Waals surface area (Å²) in [5.41, 5.74) is 5.62. The number of nitrogens with two attached hydrogens (primary N) is 1. The Morgan fingerprint density at radius 2 is 2.29 bits per heavy atom. The molecule has 1 amide bonds. The highest BCUT2D eigenvalue weighted by Gasteiger charge is 2.22. The molecule has 0 unspecified atom stereocenters. The summed E-state index contributed by atoms with van der Waals surface area (Å²) in [6, 6.07) is 0. The first-order valence-electron chi connectivity index (χ1n) is 5.26. The lowest BCUT2D eigenvalue weighted by Crippen LogP contribution is -2.45. The Balaban J connectivity index is 2.39. The Morgan fingerprint density at radius 1 is 1.57 bits per heavy atom. The number of likely N-dealkylation sites (N-methyl/N-ethyl adjacent to an activating group) is 1. The van der Waals surface area contributed by atoms with E-state index in [2.05, 4.69) is 0 Å². The molecule has 4 heteroatoms. The van der Waals surface area contributed by atoms with Gasteiger partial charge in [0.2, 0.25) is 5.91 Å². The van der Waals surface area contributed by atoms with E-state index >= 15 is 0 Å². The van der Waals surface area contributed by atoms with Crippen LogP contribution in [0.5, 0.6) is 0 Å². The van der Waals surface area contributed by atoms with E-state index in [1.165, 1.54) is 6.42 Å². The van der Waals surface area contributed by atoms with Crippen molar-refractivity contribution in [2.75, 3.05) is 40.3 Å². The summed E-state index contributed by atoms with van der Waals surface area (Å²) in [5, 5.41) is 0. The molecule has 1 heterocycles. The number of amides is 1. The second-order valence-corrected chi connectivity index (χ2v) is 4.32. The average Bonchev–Trinajstić information content (AvgIpc) is 2.17. The molecule has 0 radical (unpaired) electrons. The molecule has 0 aromatic heterocycles. The number of carbonyl (C=O) groups is 1. The van der Waals surface area contributed by atoms with E-state index in [1.807, 2.05) is 23.9 Å². The van der Waals surface area contributed by atoms with Crippen molar-refractivity contribution in [2.45, 2.75) is 12.8 Å². The van der Waals surface area contributed by atoms with Gasteiger partial charge in [0.1, 0.15) is 0 Å². The summed E-state index contributed by atoms with van der Waals surface area (Å²) in [6.07, 6.45) is 2.27. The number of piperidine rings is 1. The van der Waals surface area contributed by atoms with E-state index in [0.717, 1.165) is 19.5 Å². The van der Waals surface area contributed by atoms with Gasteiger partial charge in [-0.3, -0.25) is 4.79 Å². The number of hydrogen-bond acceptors (Lipinski definition) is 3. The lowest BCUT2D eigenvalue weighted by atomic mass is 9.98. The van der Waals surface area contributed by atoms with E-state index in [9.17, 15) is 4.79 Å². The van der Waals surface area contributed by atoms with Crippen LogP contribution in [0.4, 0.5) is 0 Å². The van der Waals surface area contributed by atoms with Gasteiger partial charge in [-0.1, -0.05) is 0 Å². The normalized spacial score (nSPS) is 22.9. The van der Waals surface area contributed by atoms with Gasteiger partial charge in [-0.2, -0.15) is 0 Å². The highest BCUT2D eigenvalue weighted by Crippen LogP contribution is 2.15. The van der Waals surface area contributed by atoms with E-state index in [1.54, 1.807) is 0 Å². The third-order valence-corrected chi connectivity index (χ3v) is 2.66. The van der Waals surface area contributed by atoms with Crippen LogP contribution < -0.4 is 5.73 Å². The molecule has 1 saturated heterocycles. The molecular formula is C10H21N3O. The maximum Gasteiger partial charge on any atom is 0.236 e. The van der Waals surface area contributed by atoms with Crippen LogP contribution in [0.15, 0.2) is 0 Å². The van der Waals surface area contributed by atoms with Crippen LogP contribution in [0, 0.1) is 5.92 Å². The van der Waals surface area contributed by atoms with Crippen molar-refractivity contribution in [3.8, 4) is 0 Å². The maximum absolute atomic E-state index is 11.7. The van der Waals surface area contributed by atoms with Gasteiger partial charge in [-0.05, 0) is 39.4 Å². The SMILES string of the molecule is CN(C)CC(=O)N1CCC[C@@H](CN)C1. The summed E-state index contributed by atoms with van der Waals surface area (Å²) >= 11 is 0. The number of carbonyl (C=O) groups excluding carboxylic acids is 1. The van der Waals surface area contributed by atoms with Crippen LogP contribution in [0.3, 0.4) is 0 Å². The lowest BCUT2D eigenvalue weighted by Gasteiger charge is -2.32. The lowest BCUT2D eigenvalue weighted by molar-refractivity contribution is -0.133. The molecule has 2 N–H and O–H groups in total. The minimum atomic E-state index is 0.230. The quantitative estimate of drug-likeness (QED) is 0.681. The van der Waals surface area contributed by atoms with Crippen molar-refractivity contribution in [3.63, 3.8) is 0 Å². The molecule has 1 fully saturated rings. The molecule has 0 bridgehead atoms. The zero-order chi connectivity index (χ0) is 10.6. The van der Waals surface area contributed by atoms with Crippen LogP contribution in [-0.4, -0.2) is 56.0 Å². The molecule has 1 aliphatic heterocycles. The Kier molecular flexibility index (Phi) is 4.35. The fraction of sp³-hybridized carbons (Fsp3) is 0.900. The molecule has 14 heavy (non-hydrogen) atoms. The second kappa shape index (κ2) is 5.32. The first-order chi connectivity index (χ1) is 6.63. The van der Waals surface area contributed by atoms with Gasteiger partial charge in [0.05, 0.1) is 6.54 Å². The fourth-order valence-corrected chi connectivity index (χ4v) is 1.85. The van der Waals surface area contributed by atoms with Gasteiger partial charge < -0.3 is 15.5 Å². The van der Waals surface area contributed by atoms with E-state index in [4.69, 9.17) is 5.73 Å². The topological polar surface area (TPSA) is 49.6 Å². The molecule has 82 valence electrons. The summed E-state index contributed by atoms with van der Waals surface area (Å²) in [6.45, 7) is 2.97. The zero-order valence-corrected chi connectivity index (χ0v) is 9.20. The van der Waals surface area contributed by atoms with E-state index < -0.39 is 0 Å². The van der Waals surface area contributed by atoms with Crippen molar-refractivity contribution in [3.05, 3.63) is 0 Å². The highest BCUT2D eigenvalue weighted by molar-refractivity contribution is 5.78. The summed E-state index contributed by atoms with van der Waals surface area (Å²) in [4.78, 5) is 15.6. The predicted molar refractivity (Wildman–Crippen MR) is 56.9 cm³/mol. The number of nitrogens with zero attached hydrogens (tertiary/aromatic N) is 2. The first kappa shape index (κ1) is 11.5. The largest absolute Gasteiger partial charge is 0.341 e. The van der Waals surface area contributed by atoms with Crippen molar-refractivity contribution in [1.82, 2.24) is 9.80 Å². The zero-order valence-electron chi connectivity index (χ0n) is 9.20. The molecule has 1 rings (SSSR count). The Bertz CT molecular complexity index is 194. The van der Waals surface area contributed by atoms with Crippen molar-refractivity contribution in [1.29, 1.82) is 0 Å². The Morgan fingerprint density at radius 3 is 2.86 bits per heavy atom. The maximum atomic E-state index is 11.7. The van der Waals surface area contributed by atoms with Crippen molar-refractivity contribution >= 4 is 5.91 Å². The molecule has 1 atom stereocenters. The molecule has 0 aromatic carbocycles. The summed E-state index contributed by atoms with van der Waals surface area (Å²) in [5.74, 6) is 0.739. The average molecular weight is 199 g/mol. The van der Waals surface area contributed by atoms with Crippen LogP contribution in [-0.2, 0) is 4.79 Å². The summed E-state index contributed by atoms with van der Waals surface area (Å²) < 4.78 is 0. The third-order valence-electron chi connectivity index (χ3n) is 2.66. The molecular weight excluding hydrogens is 178 g/mol. The van der Waals surface area contributed by atoms with Crippen molar-refractivity contribution in [2.24, 2.45) is 11.7 Å². The van der Waals surface area contributed by atoms with E-state index in [-0.39, 0.29) is 5.91 Å². The van der Waals surface area contributed by atoms with Gasteiger partial charge in [0.25, 0.3) is 0 Å². The second-order valence-electron chi connectivity index (χ2n) is 4.32. The smallest absolute Gasteiger partial charge is 0.236 e. The predicted octanol–water partition coefficient (Wildman–Crippen LogP) is -0.255. The highest BCUT2D eigenvalue weighted by atomic mass is 16.2. The minimum Gasteiger partial charge on any atom is -0.341 e. The van der Waals surface area contributed by atoms with Gasteiger partial charge in [-0.15, -0.1) is 0 Å². The standard InChI is InChI=1S/C10H21N3O/c1-12(2)8-10(14)13-5-3-4-9(6-11)7-13/h9H,3-8,11H2,1-2H3/t9-/m0/s1. The third kappa shape index (κ3) is 3.27. The molecule has 4 nitrogen and oxygen atoms in total. The van der Waals surface area contributed by atoms with Gasteiger partial charge in [0, 0.05) is 13.1 Å². The van der Waals surface area contributed by atoms with Gasteiger partial charge >= 0.3 is 0 Å². The van der Waals surface area contributed by atoms with E-state index in [0.29, 0.717) is 19.0 Å². The molecule has 0 spiro atoms. The van der Waals surface area contributed by atoms with Crippen LogP contribution in [0.2, 0.25) is 0 Å². The fourth-order valence-electron chi connectivity index (χ4n) is 1.85. The van der Waals surface area contributed by atoms with Crippen LogP contribution >= 0.6 is 0 Å².